The van der Waals surface area contributed by atoms with Gasteiger partial charge in [-0.15, -0.1) is 0 Å². The van der Waals surface area contributed by atoms with Gasteiger partial charge < -0.3 is 8.98 Å². The minimum Gasteiger partial charge on any atom is -0.452 e. The van der Waals surface area contributed by atoms with E-state index >= 15 is 0 Å². The van der Waals surface area contributed by atoms with Gasteiger partial charge in [0.2, 0.25) is 0 Å². The van der Waals surface area contributed by atoms with E-state index in [9.17, 15) is 0 Å². The van der Waals surface area contributed by atoms with Gasteiger partial charge in [0.05, 0.1) is 16.7 Å². The Hall–Kier alpha value is -6.78. The number of hydrogen-bond acceptors (Lipinski definition) is 3. The summed E-state index contributed by atoms with van der Waals surface area (Å²) in [6.45, 7) is 26.1. The van der Waals surface area contributed by atoms with Crippen LogP contribution in [0.2, 0.25) is 0 Å². The van der Waals surface area contributed by atoms with Crippen LogP contribution in [0, 0.1) is 0 Å². The molecule has 7 aromatic carbocycles. The van der Waals surface area contributed by atoms with Crippen LogP contribution in [0.3, 0.4) is 0 Å². The number of rotatable bonds is 3. The fraction of sp³-hybridized carbons (Fsp3) is 0.246. The zero-order valence-corrected chi connectivity index (χ0v) is 39.6. The summed E-state index contributed by atoms with van der Waals surface area (Å²) in [5.41, 5.74) is 19.2. The third-order valence-corrected chi connectivity index (χ3v) is 14.0. The molecule has 65 heavy (non-hydrogen) atoms. The molecule has 3 aromatic heterocycles. The van der Waals surface area contributed by atoms with Gasteiger partial charge in [0.25, 0.3) is 0 Å². The van der Waals surface area contributed by atoms with E-state index in [-0.39, 0.29) is 21.7 Å². The first kappa shape index (κ1) is 41.0. The zero-order valence-electron chi connectivity index (χ0n) is 39.6. The molecule has 0 spiro atoms. The molecule has 0 fully saturated rings. The van der Waals surface area contributed by atoms with Gasteiger partial charge in [-0.2, -0.15) is 0 Å². The average Bonchev–Trinajstić information content (AvgIpc) is 3.83. The zero-order chi connectivity index (χ0) is 45.4. The molecule has 4 nitrogen and oxygen atoms in total. The summed E-state index contributed by atoms with van der Waals surface area (Å²) in [6, 6.07) is 53.6. The Bertz CT molecular complexity index is 3550. The van der Waals surface area contributed by atoms with Crippen LogP contribution in [0.1, 0.15) is 104 Å². The molecule has 2 bridgehead atoms. The molecule has 0 N–H and O–H groups in total. The number of benzene rings is 7. The van der Waals surface area contributed by atoms with Crippen molar-refractivity contribution in [3.05, 3.63) is 173 Å². The van der Waals surface area contributed by atoms with Crippen molar-refractivity contribution in [2.24, 2.45) is 0 Å². The minimum absolute atomic E-state index is 0.0601. The number of hydrogen-bond donors (Lipinski definition) is 0. The quantitative estimate of drug-likeness (QED) is 0.178. The van der Waals surface area contributed by atoms with Crippen LogP contribution < -0.4 is 0 Å². The lowest BCUT2D eigenvalue weighted by atomic mass is 9.74. The second-order valence-corrected chi connectivity index (χ2v) is 22.0. The minimum atomic E-state index is -0.355. The van der Waals surface area contributed by atoms with Crippen LogP contribution in [0.5, 0.6) is 0 Å². The second kappa shape index (κ2) is 14.1. The molecule has 1 aliphatic rings. The fourth-order valence-corrected chi connectivity index (χ4v) is 10.2. The maximum absolute atomic E-state index is 6.79. The maximum atomic E-state index is 6.79. The summed E-state index contributed by atoms with van der Waals surface area (Å²) >= 11 is 0. The molecule has 0 radical (unpaired) electrons. The average molecular weight is 848 g/mol. The standard InChI is InChI=1S/C61H57N3O/c1-58(2,3)41-32-46-47-33-42(59(4,5)6)35-49-55(47)64(54(46)48(34-41)60(7,8)9)53-44(36-21-14-12-15-22-36)30-39(31-45(53)38-25-20-26-40(29-38)61(49,10)11)51-56-52(43-27-18-19-28-50(43)65-56)63-57(62-51)37-23-16-13-17-24-37/h12-35H,1-11H3. The van der Waals surface area contributed by atoms with Crippen molar-refractivity contribution in [3.63, 3.8) is 0 Å². The molecular formula is C61H57N3O. The number of aromatic nitrogens is 3. The number of furan rings is 1. The number of para-hydroxylation sites is 1. The van der Waals surface area contributed by atoms with E-state index in [1.54, 1.807) is 0 Å². The van der Waals surface area contributed by atoms with Crippen LogP contribution in [-0.2, 0) is 21.7 Å². The van der Waals surface area contributed by atoms with Crippen LogP contribution >= 0.6 is 0 Å². The maximum Gasteiger partial charge on any atom is 0.180 e. The summed E-state index contributed by atoms with van der Waals surface area (Å²) in [7, 11) is 0. The van der Waals surface area contributed by atoms with E-state index < -0.39 is 0 Å². The van der Waals surface area contributed by atoms with Crippen molar-refractivity contribution in [1.82, 2.24) is 14.5 Å². The van der Waals surface area contributed by atoms with Crippen molar-refractivity contribution < 1.29 is 4.42 Å². The summed E-state index contributed by atoms with van der Waals surface area (Å²) < 4.78 is 9.48. The van der Waals surface area contributed by atoms with E-state index in [0.29, 0.717) is 11.4 Å². The van der Waals surface area contributed by atoms with Crippen molar-refractivity contribution in [2.75, 3.05) is 0 Å². The first-order valence-corrected chi connectivity index (χ1v) is 23.2. The van der Waals surface area contributed by atoms with E-state index in [4.69, 9.17) is 14.4 Å². The molecule has 0 amide bonds. The molecular weight excluding hydrogens is 791 g/mol. The number of nitrogens with zero attached hydrogens (tertiary/aromatic N) is 3. The van der Waals surface area contributed by atoms with Gasteiger partial charge in [-0.3, -0.25) is 0 Å². The predicted molar refractivity (Wildman–Crippen MR) is 274 cm³/mol. The Morgan fingerprint density at radius 2 is 1.08 bits per heavy atom. The smallest absolute Gasteiger partial charge is 0.180 e. The normalized spacial score (nSPS) is 13.9. The fourth-order valence-electron chi connectivity index (χ4n) is 10.2. The van der Waals surface area contributed by atoms with Gasteiger partial charge in [-0.1, -0.05) is 185 Å². The molecule has 11 rings (SSSR count). The Morgan fingerprint density at radius 1 is 0.492 bits per heavy atom. The summed E-state index contributed by atoms with van der Waals surface area (Å²) in [6.07, 6.45) is 0. The Labute approximate surface area is 383 Å². The third-order valence-electron chi connectivity index (χ3n) is 14.0. The van der Waals surface area contributed by atoms with Crippen LogP contribution in [-0.4, -0.2) is 14.5 Å². The highest BCUT2D eigenvalue weighted by Crippen LogP contribution is 2.52. The number of fused-ring (bicyclic) bond motifs is 11. The first-order valence-electron chi connectivity index (χ1n) is 23.2. The van der Waals surface area contributed by atoms with Crippen molar-refractivity contribution in [1.29, 1.82) is 0 Å². The molecule has 1 aliphatic heterocycles. The lowest BCUT2D eigenvalue weighted by Crippen LogP contribution is -2.22. The van der Waals surface area contributed by atoms with Gasteiger partial charge in [0.15, 0.2) is 11.4 Å². The molecule has 10 aromatic rings. The van der Waals surface area contributed by atoms with Gasteiger partial charge in [0, 0.05) is 43.8 Å². The highest BCUT2D eigenvalue weighted by atomic mass is 16.3. The van der Waals surface area contributed by atoms with Crippen molar-refractivity contribution >= 4 is 43.9 Å². The molecule has 0 unspecified atom stereocenters. The molecule has 0 saturated carbocycles. The van der Waals surface area contributed by atoms with Crippen LogP contribution in [0.4, 0.5) is 0 Å². The van der Waals surface area contributed by atoms with Crippen LogP contribution in [0.15, 0.2) is 150 Å². The highest BCUT2D eigenvalue weighted by Gasteiger charge is 2.36. The van der Waals surface area contributed by atoms with E-state index in [0.717, 1.165) is 61.2 Å². The molecule has 0 saturated heterocycles. The summed E-state index contributed by atoms with van der Waals surface area (Å²) in [5, 5.41) is 3.57. The first-order chi connectivity index (χ1) is 30.9. The van der Waals surface area contributed by atoms with Gasteiger partial charge in [0.1, 0.15) is 16.8 Å². The van der Waals surface area contributed by atoms with Gasteiger partial charge >= 0.3 is 0 Å². The second-order valence-electron chi connectivity index (χ2n) is 22.0. The molecule has 0 aliphatic carbocycles. The monoisotopic (exact) mass is 847 g/mol. The van der Waals surface area contributed by atoms with Crippen molar-refractivity contribution in [3.8, 4) is 50.6 Å². The molecule has 322 valence electrons. The SMILES string of the molecule is CC(C)(C)c1cc(C(C)(C)C)c2c(c1)c1cc(C(C)(C)C)cc3c1n2-c1c(-c2ccccc2)cc(-c2nc(-c4ccccc4)nc4c2oc2ccccc24)cc1-c1cccc(c1)C3(C)C. The molecule has 4 heterocycles. The molecule has 4 heteroatoms. The Kier molecular flexibility index (Phi) is 8.89. The Balaban J connectivity index is 1.39. The largest absolute Gasteiger partial charge is 0.452 e. The van der Waals surface area contributed by atoms with E-state index in [1.807, 2.05) is 30.3 Å². The van der Waals surface area contributed by atoms with Crippen LogP contribution in [0.25, 0.3) is 94.5 Å². The lowest BCUT2D eigenvalue weighted by molar-refractivity contribution is 0.572. The van der Waals surface area contributed by atoms with Crippen molar-refractivity contribution in [2.45, 2.75) is 97.8 Å². The van der Waals surface area contributed by atoms with Gasteiger partial charge in [-0.25, -0.2) is 9.97 Å². The summed E-state index contributed by atoms with van der Waals surface area (Å²) in [4.78, 5) is 10.7. The van der Waals surface area contributed by atoms with Gasteiger partial charge in [-0.05, 0) is 91.6 Å². The van der Waals surface area contributed by atoms with E-state index in [1.165, 1.54) is 49.6 Å². The topological polar surface area (TPSA) is 43.9 Å². The molecule has 0 atom stereocenters. The lowest BCUT2D eigenvalue weighted by Gasteiger charge is -2.30. The Morgan fingerprint density at radius 3 is 1.74 bits per heavy atom. The predicted octanol–water partition coefficient (Wildman–Crippen LogP) is 16.7. The summed E-state index contributed by atoms with van der Waals surface area (Å²) in [5.74, 6) is 0.666. The third kappa shape index (κ3) is 6.47. The van der Waals surface area contributed by atoms with E-state index in [2.05, 4.69) is 196 Å². The highest BCUT2D eigenvalue weighted by molar-refractivity contribution is 6.15.